The number of rotatable bonds is 5. The van der Waals surface area contributed by atoms with Crippen LogP contribution in [0.2, 0.25) is 0 Å². The van der Waals surface area contributed by atoms with Gasteiger partial charge in [-0.25, -0.2) is 4.79 Å². The number of likely N-dealkylation sites (N-methyl/N-ethyl adjacent to an activating group) is 1. The standard InChI is InChI=1S/C20H23N3O3/c1-2-23(18-13-26-14-19(18)24)20(25)22-17-10-7-15(8-11-17)6-9-16-5-3-4-12-21-16/h3-12,18-19,24H,2,13-14H2,1H3,(H,22,25)/b9-6+/t18-,19-/m0/s1. The van der Waals surface area contributed by atoms with Gasteiger partial charge in [-0.1, -0.05) is 24.3 Å². The van der Waals surface area contributed by atoms with Crippen molar-refractivity contribution in [1.82, 2.24) is 9.88 Å². The van der Waals surface area contributed by atoms with Crippen molar-refractivity contribution in [2.24, 2.45) is 0 Å². The van der Waals surface area contributed by atoms with Crippen LogP contribution in [-0.4, -0.2) is 52.9 Å². The molecule has 1 aromatic heterocycles. The minimum absolute atomic E-state index is 0.237. The lowest BCUT2D eigenvalue weighted by molar-refractivity contribution is 0.1000. The van der Waals surface area contributed by atoms with E-state index in [1.807, 2.05) is 61.5 Å². The molecule has 1 aromatic carbocycles. The zero-order valence-electron chi connectivity index (χ0n) is 14.7. The zero-order chi connectivity index (χ0) is 18.4. The topological polar surface area (TPSA) is 74.7 Å². The van der Waals surface area contributed by atoms with Crippen LogP contribution in [0.25, 0.3) is 12.2 Å². The first-order valence-electron chi connectivity index (χ1n) is 8.70. The average Bonchev–Trinajstić information content (AvgIpc) is 3.08. The van der Waals surface area contributed by atoms with Gasteiger partial charge in [0.05, 0.1) is 31.1 Å². The van der Waals surface area contributed by atoms with Crippen LogP contribution in [0, 0.1) is 0 Å². The van der Waals surface area contributed by atoms with Crippen molar-refractivity contribution < 1.29 is 14.6 Å². The number of anilines is 1. The van der Waals surface area contributed by atoms with Gasteiger partial charge in [-0.2, -0.15) is 0 Å². The number of benzene rings is 1. The maximum atomic E-state index is 12.5. The molecule has 1 fully saturated rings. The smallest absolute Gasteiger partial charge is 0.322 e. The van der Waals surface area contributed by atoms with Crippen molar-refractivity contribution in [2.75, 3.05) is 25.1 Å². The van der Waals surface area contributed by atoms with E-state index in [9.17, 15) is 9.90 Å². The zero-order valence-corrected chi connectivity index (χ0v) is 14.7. The summed E-state index contributed by atoms with van der Waals surface area (Å²) in [5.74, 6) is 0. The molecule has 3 rings (SSSR count). The van der Waals surface area contributed by atoms with Crippen LogP contribution in [0.1, 0.15) is 18.2 Å². The molecular weight excluding hydrogens is 330 g/mol. The molecule has 6 nitrogen and oxygen atoms in total. The SMILES string of the molecule is CCN(C(=O)Nc1ccc(/C=C/c2ccccn2)cc1)[C@H]1COC[C@@H]1O. The number of amides is 2. The number of carbonyl (C=O) groups is 1. The number of hydrogen-bond donors (Lipinski definition) is 2. The number of nitrogens with zero attached hydrogens (tertiary/aromatic N) is 2. The third-order valence-corrected chi connectivity index (χ3v) is 4.32. The van der Waals surface area contributed by atoms with E-state index in [4.69, 9.17) is 4.74 Å². The lowest BCUT2D eigenvalue weighted by Gasteiger charge is -2.28. The first-order chi connectivity index (χ1) is 12.7. The van der Waals surface area contributed by atoms with Crippen LogP contribution in [-0.2, 0) is 4.74 Å². The number of hydrogen-bond acceptors (Lipinski definition) is 4. The van der Waals surface area contributed by atoms with Crippen LogP contribution in [0.5, 0.6) is 0 Å². The number of carbonyl (C=O) groups excluding carboxylic acids is 1. The van der Waals surface area contributed by atoms with E-state index in [-0.39, 0.29) is 18.7 Å². The summed E-state index contributed by atoms with van der Waals surface area (Å²) in [5, 5.41) is 12.8. The van der Waals surface area contributed by atoms with Crippen molar-refractivity contribution in [2.45, 2.75) is 19.1 Å². The van der Waals surface area contributed by atoms with Crippen molar-refractivity contribution in [1.29, 1.82) is 0 Å². The number of aromatic nitrogens is 1. The van der Waals surface area contributed by atoms with Crippen molar-refractivity contribution in [3.05, 3.63) is 59.9 Å². The molecule has 1 aliphatic heterocycles. The third kappa shape index (κ3) is 4.47. The fraction of sp³-hybridized carbons (Fsp3) is 0.300. The Morgan fingerprint density at radius 1 is 1.27 bits per heavy atom. The highest BCUT2D eigenvalue weighted by Crippen LogP contribution is 2.17. The molecule has 0 saturated carbocycles. The predicted octanol–water partition coefficient (Wildman–Crippen LogP) is 2.87. The van der Waals surface area contributed by atoms with Crippen LogP contribution in [0.15, 0.2) is 48.7 Å². The predicted molar refractivity (Wildman–Crippen MR) is 102 cm³/mol. The number of aliphatic hydroxyl groups excluding tert-OH is 1. The fourth-order valence-electron chi connectivity index (χ4n) is 2.89. The number of urea groups is 1. The molecule has 136 valence electrons. The molecule has 2 amide bonds. The summed E-state index contributed by atoms with van der Waals surface area (Å²) >= 11 is 0. The van der Waals surface area contributed by atoms with Gasteiger partial charge in [-0.05, 0) is 42.8 Å². The second-order valence-electron chi connectivity index (χ2n) is 6.10. The largest absolute Gasteiger partial charge is 0.388 e. The van der Waals surface area contributed by atoms with Crippen molar-refractivity contribution in [3.8, 4) is 0 Å². The minimum Gasteiger partial charge on any atom is -0.388 e. The van der Waals surface area contributed by atoms with E-state index in [0.717, 1.165) is 11.3 Å². The highest BCUT2D eigenvalue weighted by molar-refractivity contribution is 5.89. The molecule has 2 atom stereocenters. The molecule has 2 aromatic rings. The van der Waals surface area contributed by atoms with E-state index >= 15 is 0 Å². The van der Waals surface area contributed by atoms with E-state index in [2.05, 4.69) is 10.3 Å². The van der Waals surface area contributed by atoms with Crippen molar-refractivity contribution >= 4 is 23.9 Å². The number of pyridine rings is 1. The molecule has 0 spiro atoms. The van der Waals surface area contributed by atoms with Gasteiger partial charge in [0, 0.05) is 18.4 Å². The molecule has 1 aliphatic rings. The van der Waals surface area contributed by atoms with E-state index in [1.54, 1.807) is 11.1 Å². The molecule has 0 bridgehead atoms. The van der Waals surface area contributed by atoms with Gasteiger partial charge in [0.15, 0.2) is 0 Å². The Morgan fingerprint density at radius 2 is 2.08 bits per heavy atom. The molecule has 2 heterocycles. The van der Waals surface area contributed by atoms with Crippen molar-refractivity contribution in [3.63, 3.8) is 0 Å². The average molecular weight is 353 g/mol. The molecule has 1 saturated heterocycles. The van der Waals surface area contributed by atoms with Gasteiger partial charge >= 0.3 is 6.03 Å². The summed E-state index contributed by atoms with van der Waals surface area (Å²) in [6.07, 6.45) is 5.02. The lowest BCUT2D eigenvalue weighted by atomic mass is 10.1. The summed E-state index contributed by atoms with van der Waals surface area (Å²) < 4.78 is 5.25. The van der Waals surface area contributed by atoms with E-state index in [0.29, 0.717) is 18.8 Å². The summed E-state index contributed by atoms with van der Waals surface area (Å²) in [6.45, 7) is 3.02. The first-order valence-corrected chi connectivity index (χ1v) is 8.70. The van der Waals surface area contributed by atoms with Crippen LogP contribution >= 0.6 is 0 Å². The molecule has 0 aliphatic carbocycles. The monoisotopic (exact) mass is 353 g/mol. The van der Waals surface area contributed by atoms with Gasteiger partial charge in [0.25, 0.3) is 0 Å². The molecule has 0 radical (unpaired) electrons. The molecule has 6 heteroatoms. The van der Waals surface area contributed by atoms with Crippen LogP contribution in [0.3, 0.4) is 0 Å². The Morgan fingerprint density at radius 3 is 2.69 bits per heavy atom. The highest BCUT2D eigenvalue weighted by atomic mass is 16.5. The van der Waals surface area contributed by atoms with Gasteiger partial charge in [0.2, 0.25) is 0 Å². The molecular formula is C20H23N3O3. The first kappa shape index (κ1) is 18.1. The normalized spacial score (nSPS) is 19.6. The second-order valence-corrected chi connectivity index (χ2v) is 6.10. The quantitative estimate of drug-likeness (QED) is 0.867. The van der Waals surface area contributed by atoms with Gasteiger partial charge in [-0.15, -0.1) is 0 Å². The fourth-order valence-corrected chi connectivity index (χ4v) is 2.89. The lowest BCUT2D eigenvalue weighted by Crippen LogP contribution is -2.48. The maximum absolute atomic E-state index is 12.5. The second kappa shape index (κ2) is 8.60. The van der Waals surface area contributed by atoms with Gasteiger partial charge < -0.3 is 20.1 Å². The molecule has 2 N–H and O–H groups in total. The maximum Gasteiger partial charge on any atom is 0.322 e. The number of aliphatic hydroxyl groups is 1. The van der Waals surface area contributed by atoms with Gasteiger partial charge in [0.1, 0.15) is 0 Å². The Labute approximate surface area is 153 Å². The molecule has 26 heavy (non-hydrogen) atoms. The highest BCUT2D eigenvalue weighted by Gasteiger charge is 2.33. The Hall–Kier alpha value is -2.70. The Bertz CT molecular complexity index is 747. The summed E-state index contributed by atoms with van der Waals surface area (Å²) in [7, 11) is 0. The Balaban J connectivity index is 1.61. The summed E-state index contributed by atoms with van der Waals surface area (Å²) in [6, 6.07) is 12.8. The van der Waals surface area contributed by atoms with Crippen LogP contribution in [0.4, 0.5) is 10.5 Å². The van der Waals surface area contributed by atoms with E-state index in [1.165, 1.54) is 0 Å². The Kier molecular flexibility index (Phi) is 5.99. The minimum atomic E-state index is -0.639. The summed E-state index contributed by atoms with van der Waals surface area (Å²) in [4.78, 5) is 18.3. The molecule has 0 unspecified atom stereocenters. The number of ether oxygens (including phenoxy) is 1. The number of nitrogens with one attached hydrogen (secondary N) is 1. The van der Waals surface area contributed by atoms with Crippen LogP contribution < -0.4 is 5.32 Å². The third-order valence-electron chi connectivity index (χ3n) is 4.32. The summed E-state index contributed by atoms with van der Waals surface area (Å²) in [5.41, 5.74) is 2.61. The van der Waals surface area contributed by atoms with Gasteiger partial charge in [-0.3, -0.25) is 4.98 Å². The van der Waals surface area contributed by atoms with E-state index < -0.39 is 6.10 Å².